The number of nitrogens with two attached hydrogens (primary N) is 1. The van der Waals surface area contributed by atoms with Crippen molar-refractivity contribution in [2.24, 2.45) is 5.14 Å². The normalized spacial score (nSPS) is 10.5. The molecule has 0 aliphatic carbocycles. The monoisotopic (exact) mass is 486 g/mol. The predicted molar refractivity (Wildman–Crippen MR) is 110 cm³/mol. The summed E-state index contributed by atoms with van der Waals surface area (Å²) in [5.41, 5.74) is 0.0793. The molecule has 0 unspecified atom stereocenters. The Kier molecular flexibility index (Phi) is 10.4. The first-order valence-electron chi connectivity index (χ1n) is 9.08. The number of aliphatic carboxylic acids is 1. The van der Waals surface area contributed by atoms with Crippen molar-refractivity contribution in [2.75, 3.05) is 32.7 Å². The minimum atomic E-state index is -3.91. The smallest absolute Gasteiger partial charge is 0.322 e. The summed E-state index contributed by atoms with van der Waals surface area (Å²) < 4.78 is 22.4. The van der Waals surface area contributed by atoms with Gasteiger partial charge in [-0.25, -0.2) is 13.6 Å². The summed E-state index contributed by atoms with van der Waals surface area (Å²) in [4.78, 5) is 68.2. The van der Waals surface area contributed by atoms with Crippen LogP contribution in [0.4, 0.5) is 0 Å². The van der Waals surface area contributed by atoms with E-state index in [0.29, 0.717) is 0 Å². The fraction of sp³-hybridized carbons (Fsp3) is 0.294. The third kappa shape index (κ3) is 11.2. The molecule has 0 aliphatic rings. The van der Waals surface area contributed by atoms with Crippen molar-refractivity contribution in [3.63, 3.8) is 0 Å². The van der Waals surface area contributed by atoms with E-state index in [2.05, 4.69) is 21.3 Å². The number of primary sulfonamides is 1. The minimum absolute atomic E-state index is 0.0793. The molecule has 0 heterocycles. The molecule has 0 fully saturated rings. The SMILES string of the molecule is NS(=O)(=O)c1ccc(C(=O)NCC(=O)NCC(=O)NCC(=O)NCC(=O)NCC(=O)O)cc1. The van der Waals surface area contributed by atoms with Crippen LogP contribution in [-0.4, -0.2) is 81.8 Å². The molecule has 5 amide bonds. The highest BCUT2D eigenvalue weighted by molar-refractivity contribution is 7.89. The third-order valence-electron chi connectivity index (χ3n) is 3.63. The summed E-state index contributed by atoms with van der Waals surface area (Å²) in [7, 11) is -3.91. The third-order valence-corrected chi connectivity index (χ3v) is 4.56. The van der Waals surface area contributed by atoms with Crippen LogP contribution in [0.5, 0.6) is 0 Å². The zero-order valence-corrected chi connectivity index (χ0v) is 17.9. The number of rotatable bonds is 12. The molecule has 0 spiro atoms. The number of benzene rings is 1. The molecule has 0 radical (unpaired) electrons. The van der Waals surface area contributed by atoms with Gasteiger partial charge in [0.05, 0.1) is 31.1 Å². The van der Waals surface area contributed by atoms with Crippen LogP contribution in [0.15, 0.2) is 29.2 Å². The summed E-state index contributed by atoms with van der Waals surface area (Å²) in [6.07, 6.45) is 0. The van der Waals surface area contributed by atoms with Gasteiger partial charge in [-0.2, -0.15) is 0 Å². The van der Waals surface area contributed by atoms with Crippen molar-refractivity contribution in [1.82, 2.24) is 26.6 Å². The Morgan fingerprint density at radius 3 is 1.39 bits per heavy atom. The van der Waals surface area contributed by atoms with Crippen LogP contribution in [0.1, 0.15) is 10.4 Å². The summed E-state index contributed by atoms with van der Waals surface area (Å²) in [6, 6.07) is 4.68. The van der Waals surface area contributed by atoms with Gasteiger partial charge in [0.2, 0.25) is 33.7 Å². The van der Waals surface area contributed by atoms with Gasteiger partial charge in [0.15, 0.2) is 0 Å². The number of carboxylic acid groups (broad SMARTS) is 1. The van der Waals surface area contributed by atoms with E-state index < -0.39 is 78.3 Å². The molecule has 0 saturated carbocycles. The predicted octanol–water partition coefficient (Wildman–Crippen LogP) is -4.39. The highest BCUT2D eigenvalue weighted by Gasteiger charge is 2.13. The van der Waals surface area contributed by atoms with Gasteiger partial charge in [-0.1, -0.05) is 0 Å². The van der Waals surface area contributed by atoms with Crippen LogP contribution < -0.4 is 31.7 Å². The van der Waals surface area contributed by atoms with E-state index in [1.165, 1.54) is 12.1 Å². The van der Waals surface area contributed by atoms with E-state index in [1.54, 1.807) is 0 Å². The molecule has 33 heavy (non-hydrogen) atoms. The number of carboxylic acids is 1. The number of carbonyl (C=O) groups is 6. The number of amides is 5. The molecule has 0 saturated heterocycles. The Morgan fingerprint density at radius 2 is 1.03 bits per heavy atom. The number of hydrogen-bond acceptors (Lipinski definition) is 8. The molecule has 8 N–H and O–H groups in total. The molecule has 16 heteroatoms. The maximum Gasteiger partial charge on any atom is 0.322 e. The van der Waals surface area contributed by atoms with E-state index in [1.807, 2.05) is 5.32 Å². The fourth-order valence-corrected chi connectivity index (χ4v) is 2.53. The van der Waals surface area contributed by atoms with E-state index >= 15 is 0 Å². The van der Waals surface area contributed by atoms with Crippen molar-refractivity contribution < 1.29 is 42.3 Å². The van der Waals surface area contributed by atoms with Gasteiger partial charge < -0.3 is 31.7 Å². The van der Waals surface area contributed by atoms with Crippen molar-refractivity contribution in [3.8, 4) is 0 Å². The molecule has 0 aliphatic heterocycles. The molecule has 0 atom stereocenters. The van der Waals surface area contributed by atoms with E-state index in [0.717, 1.165) is 12.1 Å². The second-order valence-corrected chi connectivity index (χ2v) is 7.81. The highest BCUT2D eigenvalue weighted by Crippen LogP contribution is 2.08. The molecule has 1 rings (SSSR count). The van der Waals surface area contributed by atoms with E-state index in [4.69, 9.17) is 10.2 Å². The van der Waals surface area contributed by atoms with Crippen molar-refractivity contribution in [1.29, 1.82) is 0 Å². The van der Waals surface area contributed by atoms with E-state index in [-0.39, 0.29) is 10.5 Å². The zero-order chi connectivity index (χ0) is 25.0. The highest BCUT2D eigenvalue weighted by atomic mass is 32.2. The molecule has 0 aromatic heterocycles. The van der Waals surface area contributed by atoms with Gasteiger partial charge in [0.1, 0.15) is 6.54 Å². The summed E-state index contributed by atoms with van der Waals surface area (Å²) >= 11 is 0. The first kappa shape index (κ1) is 27.0. The number of carbonyl (C=O) groups excluding carboxylic acids is 5. The quantitative estimate of drug-likeness (QED) is 0.151. The van der Waals surface area contributed by atoms with Crippen LogP contribution in [0.25, 0.3) is 0 Å². The average molecular weight is 486 g/mol. The fourth-order valence-electron chi connectivity index (χ4n) is 2.02. The van der Waals surface area contributed by atoms with Crippen LogP contribution in [0.3, 0.4) is 0 Å². The van der Waals surface area contributed by atoms with Crippen LogP contribution >= 0.6 is 0 Å². The lowest BCUT2D eigenvalue weighted by molar-refractivity contribution is -0.137. The van der Waals surface area contributed by atoms with Gasteiger partial charge >= 0.3 is 5.97 Å². The van der Waals surface area contributed by atoms with E-state index in [9.17, 15) is 37.2 Å². The largest absolute Gasteiger partial charge is 0.480 e. The Hall–Kier alpha value is -4.05. The second kappa shape index (κ2) is 12.7. The molecule has 1 aromatic carbocycles. The standard InChI is InChI=1S/C17H22N6O9S/c18-33(31,32)11-3-1-10(2-4-11)17(30)23-8-15(27)21-6-13(25)19-5-12(24)20-7-14(26)22-9-16(28)29/h1-4H,5-9H2,(H,19,25)(H,20,24)(H,21,27)(H,22,26)(H,23,30)(H,28,29)(H2,18,31,32). The van der Waals surface area contributed by atoms with Gasteiger partial charge in [0, 0.05) is 5.56 Å². The van der Waals surface area contributed by atoms with Crippen molar-refractivity contribution in [2.45, 2.75) is 4.90 Å². The topological polar surface area (TPSA) is 243 Å². The summed E-state index contributed by atoms with van der Waals surface area (Å²) in [5.74, 6) is -4.80. The zero-order valence-electron chi connectivity index (χ0n) is 17.0. The molecule has 1 aromatic rings. The Morgan fingerprint density at radius 1 is 0.667 bits per heavy atom. The lowest BCUT2D eigenvalue weighted by Gasteiger charge is -2.09. The van der Waals surface area contributed by atoms with Crippen molar-refractivity contribution in [3.05, 3.63) is 29.8 Å². The second-order valence-electron chi connectivity index (χ2n) is 6.25. The lowest BCUT2D eigenvalue weighted by Crippen LogP contribution is -2.46. The average Bonchev–Trinajstić information content (AvgIpc) is 2.76. The van der Waals surface area contributed by atoms with Gasteiger partial charge in [-0.3, -0.25) is 28.8 Å². The Balaban J connectivity index is 2.26. The minimum Gasteiger partial charge on any atom is -0.480 e. The summed E-state index contributed by atoms with van der Waals surface area (Å²) in [5, 5.41) is 24.2. The number of hydrogen-bond donors (Lipinski definition) is 7. The lowest BCUT2D eigenvalue weighted by atomic mass is 10.2. The maximum absolute atomic E-state index is 12.0. The van der Waals surface area contributed by atoms with Crippen LogP contribution in [0.2, 0.25) is 0 Å². The number of nitrogens with one attached hydrogen (secondary N) is 5. The first-order valence-corrected chi connectivity index (χ1v) is 10.6. The molecular formula is C17H22N6O9S. The molecule has 15 nitrogen and oxygen atoms in total. The van der Waals surface area contributed by atoms with Crippen molar-refractivity contribution >= 4 is 45.5 Å². The van der Waals surface area contributed by atoms with Gasteiger partial charge in [-0.15, -0.1) is 0 Å². The molecule has 0 bridgehead atoms. The Labute approximate surface area is 187 Å². The van der Waals surface area contributed by atoms with Gasteiger partial charge in [-0.05, 0) is 24.3 Å². The maximum atomic E-state index is 12.0. The molecular weight excluding hydrogens is 464 g/mol. The Bertz CT molecular complexity index is 1020. The number of sulfonamides is 1. The summed E-state index contributed by atoms with van der Waals surface area (Å²) in [6.45, 7) is -2.55. The van der Waals surface area contributed by atoms with Crippen LogP contribution in [-0.2, 0) is 34.0 Å². The van der Waals surface area contributed by atoms with Gasteiger partial charge in [0.25, 0.3) is 5.91 Å². The van der Waals surface area contributed by atoms with Crippen LogP contribution in [0, 0.1) is 0 Å². The first-order chi connectivity index (χ1) is 15.4. The molecule has 180 valence electrons.